The normalized spacial score (nSPS) is 12.0. The molecule has 0 aromatic heterocycles. The molecule has 0 aliphatic carbocycles. The fourth-order valence-corrected chi connectivity index (χ4v) is 5.43. The predicted molar refractivity (Wildman–Crippen MR) is 152 cm³/mol. The Labute approximate surface area is 234 Å². The summed E-state index contributed by atoms with van der Waals surface area (Å²) in [5.41, 5.74) is 1.07. The Balaban J connectivity index is 1.96. The number of hydrogen-bond acceptors (Lipinski definition) is 4. The number of hydrogen-bond donors (Lipinski definition) is 1. The Bertz CT molecular complexity index is 1320. The lowest BCUT2D eigenvalue weighted by atomic mass is 10.1. The van der Waals surface area contributed by atoms with Crippen molar-refractivity contribution in [1.82, 2.24) is 10.2 Å². The molecule has 0 aliphatic heterocycles. The summed E-state index contributed by atoms with van der Waals surface area (Å²) in [5, 5.41) is 3.80. The second-order valence-electron chi connectivity index (χ2n) is 8.77. The summed E-state index contributed by atoms with van der Waals surface area (Å²) >= 11 is 12.0. The van der Waals surface area contributed by atoms with Crippen LogP contribution in [0.4, 0.5) is 5.69 Å². The first kappa shape index (κ1) is 29.5. The third-order valence-electron chi connectivity index (χ3n) is 5.99. The molecule has 0 fully saturated rings. The number of halogens is 2. The molecule has 3 aromatic carbocycles. The van der Waals surface area contributed by atoms with Crippen molar-refractivity contribution in [2.24, 2.45) is 0 Å². The van der Waals surface area contributed by atoms with E-state index in [1.807, 2.05) is 6.92 Å². The summed E-state index contributed by atoms with van der Waals surface area (Å²) in [5.74, 6) is -0.841. The van der Waals surface area contributed by atoms with Crippen molar-refractivity contribution in [3.05, 3.63) is 94.5 Å². The molecule has 0 saturated heterocycles. The van der Waals surface area contributed by atoms with Crippen LogP contribution in [0.25, 0.3) is 0 Å². The monoisotopic (exact) mass is 575 g/mol. The predicted octanol–water partition coefficient (Wildman–Crippen LogP) is 5.52. The molecular weight excluding hydrogens is 545 g/mol. The number of rotatable bonds is 12. The average molecular weight is 577 g/mol. The van der Waals surface area contributed by atoms with E-state index in [0.717, 1.165) is 22.7 Å². The SMILES string of the molecule is CCCCNC(=O)[C@H](C)N(Cc1ccc(Cl)cc1)C(=O)CN(c1ccccc1)S(=O)(=O)c1ccc(Cl)cc1. The number of sulfonamides is 1. The molecule has 202 valence electrons. The van der Waals surface area contributed by atoms with E-state index in [9.17, 15) is 18.0 Å². The van der Waals surface area contributed by atoms with Crippen LogP contribution in [-0.2, 0) is 26.2 Å². The van der Waals surface area contributed by atoms with Crippen molar-refractivity contribution in [1.29, 1.82) is 0 Å². The van der Waals surface area contributed by atoms with Gasteiger partial charge in [0, 0.05) is 23.1 Å². The van der Waals surface area contributed by atoms with Crippen LogP contribution in [0.1, 0.15) is 32.3 Å². The fourth-order valence-electron chi connectivity index (χ4n) is 3.76. The van der Waals surface area contributed by atoms with Crippen molar-refractivity contribution in [2.75, 3.05) is 17.4 Å². The standard InChI is InChI=1S/C28H31Cl2N3O4S/c1-3-4-18-31-28(35)21(2)32(19-22-10-12-23(29)13-11-22)27(34)20-33(25-8-6-5-7-9-25)38(36,37)26-16-14-24(30)15-17-26/h5-17,21H,3-4,18-20H2,1-2H3,(H,31,35)/t21-/m0/s1. The number of amides is 2. The lowest BCUT2D eigenvalue weighted by Crippen LogP contribution is -2.51. The fraction of sp³-hybridized carbons (Fsp3) is 0.286. The van der Waals surface area contributed by atoms with E-state index < -0.39 is 28.5 Å². The van der Waals surface area contributed by atoms with Gasteiger partial charge < -0.3 is 10.2 Å². The van der Waals surface area contributed by atoms with Crippen LogP contribution in [0.15, 0.2) is 83.8 Å². The number of carbonyl (C=O) groups excluding carboxylic acids is 2. The van der Waals surface area contributed by atoms with Gasteiger partial charge in [-0.25, -0.2) is 8.42 Å². The number of benzene rings is 3. The Morgan fingerprint density at radius 3 is 2.05 bits per heavy atom. The van der Waals surface area contributed by atoms with Crippen LogP contribution in [0.2, 0.25) is 10.0 Å². The summed E-state index contributed by atoms with van der Waals surface area (Å²) < 4.78 is 28.4. The first-order valence-electron chi connectivity index (χ1n) is 12.3. The zero-order valence-electron chi connectivity index (χ0n) is 21.3. The van der Waals surface area contributed by atoms with Gasteiger partial charge in [-0.2, -0.15) is 0 Å². The summed E-state index contributed by atoms with van der Waals surface area (Å²) in [6, 6.07) is 20.2. The number of para-hydroxylation sites is 1. The molecule has 0 saturated carbocycles. The van der Waals surface area contributed by atoms with E-state index >= 15 is 0 Å². The molecule has 0 unspecified atom stereocenters. The number of anilines is 1. The molecule has 0 radical (unpaired) electrons. The quantitative estimate of drug-likeness (QED) is 0.288. The molecule has 0 heterocycles. The van der Waals surface area contributed by atoms with Crippen LogP contribution in [-0.4, -0.2) is 44.3 Å². The van der Waals surface area contributed by atoms with Crippen LogP contribution in [0, 0.1) is 0 Å². The Kier molecular flexibility index (Phi) is 10.6. The van der Waals surface area contributed by atoms with Gasteiger partial charge in [0.2, 0.25) is 11.8 Å². The molecule has 38 heavy (non-hydrogen) atoms. The molecule has 2 amide bonds. The third kappa shape index (κ3) is 7.72. The van der Waals surface area contributed by atoms with Gasteiger partial charge in [-0.15, -0.1) is 0 Å². The van der Waals surface area contributed by atoms with Crippen molar-refractivity contribution in [3.63, 3.8) is 0 Å². The molecule has 3 rings (SSSR count). The van der Waals surface area contributed by atoms with E-state index in [1.165, 1.54) is 29.2 Å². The van der Waals surface area contributed by atoms with E-state index in [4.69, 9.17) is 23.2 Å². The van der Waals surface area contributed by atoms with Crippen LogP contribution in [0.3, 0.4) is 0 Å². The lowest BCUT2D eigenvalue weighted by Gasteiger charge is -2.32. The maximum Gasteiger partial charge on any atom is 0.264 e. The van der Waals surface area contributed by atoms with Crippen molar-refractivity contribution >= 4 is 50.7 Å². The molecule has 7 nitrogen and oxygen atoms in total. The lowest BCUT2D eigenvalue weighted by molar-refractivity contribution is -0.139. The van der Waals surface area contributed by atoms with Gasteiger partial charge >= 0.3 is 0 Å². The minimum atomic E-state index is -4.13. The topological polar surface area (TPSA) is 86.8 Å². The Morgan fingerprint density at radius 1 is 0.895 bits per heavy atom. The number of nitrogens with zero attached hydrogens (tertiary/aromatic N) is 2. The second kappa shape index (κ2) is 13.6. The highest BCUT2D eigenvalue weighted by molar-refractivity contribution is 7.92. The van der Waals surface area contributed by atoms with Crippen LogP contribution < -0.4 is 9.62 Å². The van der Waals surface area contributed by atoms with Crippen molar-refractivity contribution < 1.29 is 18.0 Å². The van der Waals surface area contributed by atoms with Gasteiger partial charge in [0.05, 0.1) is 10.6 Å². The smallest absolute Gasteiger partial charge is 0.264 e. The van der Waals surface area contributed by atoms with Gasteiger partial charge in [-0.05, 0) is 67.4 Å². The van der Waals surface area contributed by atoms with Gasteiger partial charge in [-0.3, -0.25) is 13.9 Å². The first-order chi connectivity index (χ1) is 18.1. The number of unbranched alkanes of at least 4 members (excludes halogenated alkanes) is 1. The maximum absolute atomic E-state index is 13.8. The molecule has 0 bridgehead atoms. The molecule has 1 N–H and O–H groups in total. The summed E-state index contributed by atoms with van der Waals surface area (Å²) in [6.07, 6.45) is 1.72. The largest absolute Gasteiger partial charge is 0.354 e. The highest BCUT2D eigenvalue weighted by Crippen LogP contribution is 2.25. The summed E-state index contributed by atoms with van der Waals surface area (Å²) in [7, 11) is -4.13. The second-order valence-corrected chi connectivity index (χ2v) is 11.5. The van der Waals surface area contributed by atoms with Crippen LogP contribution in [0.5, 0.6) is 0 Å². The van der Waals surface area contributed by atoms with Gasteiger partial charge in [0.1, 0.15) is 12.6 Å². The molecule has 1 atom stereocenters. The minimum Gasteiger partial charge on any atom is -0.354 e. The highest BCUT2D eigenvalue weighted by atomic mass is 35.5. The summed E-state index contributed by atoms with van der Waals surface area (Å²) in [4.78, 5) is 28.1. The third-order valence-corrected chi connectivity index (χ3v) is 8.28. The Morgan fingerprint density at radius 2 is 1.47 bits per heavy atom. The van der Waals surface area contributed by atoms with E-state index in [0.29, 0.717) is 22.3 Å². The van der Waals surface area contributed by atoms with Gasteiger partial charge in [-0.1, -0.05) is 66.9 Å². The van der Waals surface area contributed by atoms with Crippen molar-refractivity contribution in [2.45, 2.75) is 44.2 Å². The van der Waals surface area contributed by atoms with E-state index in [2.05, 4.69) is 5.32 Å². The van der Waals surface area contributed by atoms with Gasteiger partial charge in [0.25, 0.3) is 10.0 Å². The number of carbonyl (C=O) groups is 2. The van der Waals surface area contributed by atoms with Crippen molar-refractivity contribution in [3.8, 4) is 0 Å². The molecule has 0 aliphatic rings. The zero-order chi connectivity index (χ0) is 27.7. The zero-order valence-corrected chi connectivity index (χ0v) is 23.6. The van der Waals surface area contributed by atoms with E-state index in [1.54, 1.807) is 61.5 Å². The summed E-state index contributed by atoms with van der Waals surface area (Å²) in [6.45, 7) is 3.74. The first-order valence-corrected chi connectivity index (χ1v) is 14.5. The number of nitrogens with one attached hydrogen (secondary N) is 1. The molecule has 0 spiro atoms. The maximum atomic E-state index is 13.8. The van der Waals surface area contributed by atoms with Gasteiger partial charge in [0.15, 0.2) is 0 Å². The van der Waals surface area contributed by atoms with E-state index in [-0.39, 0.29) is 17.3 Å². The molecule has 3 aromatic rings. The average Bonchev–Trinajstić information content (AvgIpc) is 2.91. The molecular formula is C28H31Cl2N3O4S. The Hall–Kier alpha value is -3.07. The van der Waals surface area contributed by atoms with Crippen LogP contribution >= 0.6 is 23.2 Å². The highest BCUT2D eigenvalue weighted by Gasteiger charge is 2.32. The minimum absolute atomic E-state index is 0.00633. The molecule has 10 heteroatoms.